The van der Waals surface area contributed by atoms with Crippen LogP contribution in [-0.4, -0.2) is 15.6 Å². The highest BCUT2D eigenvalue weighted by molar-refractivity contribution is 7.80. The predicted molar refractivity (Wildman–Crippen MR) is 74.3 cm³/mol. The Labute approximate surface area is 109 Å². The van der Waals surface area contributed by atoms with Crippen LogP contribution in [-0.2, 0) is 15.3 Å². The molecule has 0 aromatic carbocycles. The molecule has 2 nitrogen and oxygen atoms in total. The second-order valence-electron chi connectivity index (χ2n) is 5.28. The van der Waals surface area contributed by atoms with Gasteiger partial charge in [0, 0.05) is 0 Å². The maximum Gasteiger partial charge on any atom is 0.158 e. The van der Waals surface area contributed by atoms with Gasteiger partial charge in [0.1, 0.15) is 0 Å². The third kappa shape index (κ3) is 6.56. The minimum Gasteiger partial charge on any atom is -0.287 e. The summed E-state index contributed by atoms with van der Waals surface area (Å²) >= 11 is -1.04. The first-order valence-electron chi connectivity index (χ1n) is 7.31. The average molecular weight is 260 g/mol. The smallest absolute Gasteiger partial charge is 0.158 e. The highest BCUT2D eigenvalue weighted by atomic mass is 32.2. The minimum atomic E-state index is -1.04. The van der Waals surface area contributed by atoms with E-state index in [0.717, 1.165) is 19.3 Å². The van der Waals surface area contributed by atoms with Crippen molar-refractivity contribution >= 4 is 11.1 Å². The number of unbranched alkanes of at least 4 members (excludes halogenated alkanes) is 3. The molecule has 0 spiro atoms. The molecule has 1 rings (SSSR count). The SMILES string of the molecule is CCCCCC[C@@H](C)OS(=O)C1CCCCC1. The van der Waals surface area contributed by atoms with Gasteiger partial charge >= 0.3 is 0 Å². The third-order valence-corrected chi connectivity index (χ3v) is 5.08. The lowest BCUT2D eigenvalue weighted by atomic mass is 10.0. The highest BCUT2D eigenvalue weighted by Gasteiger charge is 2.22. The summed E-state index contributed by atoms with van der Waals surface area (Å²) in [7, 11) is 0. The van der Waals surface area contributed by atoms with E-state index in [1.54, 1.807) is 0 Å². The molecular formula is C14H28O2S. The van der Waals surface area contributed by atoms with Crippen LogP contribution in [0.4, 0.5) is 0 Å². The summed E-state index contributed by atoms with van der Waals surface area (Å²) < 4.78 is 17.6. The van der Waals surface area contributed by atoms with Crippen molar-refractivity contribution < 1.29 is 8.39 Å². The van der Waals surface area contributed by atoms with Gasteiger partial charge in [0.05, 0.1) is 11.4 Å². The largest absolute Gasteiger partial charge is 0.287 e. The molecule has 1 saturated carbocycles. The Balaban J connectivity index is 2.11. The highest BCUT2D eigenvalue weighted by Crippen LogP contribution is 2.23. The fourth-order valence-corrected chi connectivity index (χ4v) is 3.70. The van der Waals surface area contributed by atoms with Gasteiger partial charge in [0.2, 0.25) is 0 Å². The molecule has 1 fully saturated rings. The van der Waals surface area contributed by atoms with Crippen molar-refractivity contribution in [3.05, 3.63) is 0 Å². The van der Waals surface area contributed by atoms with Crippen LogP contribution in [0.5, 0.6) is 0 Å². The Hall–Kier alpha value is 0.110. The Morgan fingerprint density at radius 2 is 1.88 bits per heavy atom. The minimum absolute atomic E-state index is 0.162. The second kappa shape index (κ2) is 9.09. The van der Waals surface area contributed by atoms with Gasteiger partial charge in [-0.3, -0.25) is 4.18 Å². The molecule has 0 aliphatic heterocycles. The zero-order valence-corrected chi connectivity index (χ0v) is 12.3. The fourth-order valence-electron chi connectivity index (χ4n) is 2.40. The van der Waals surface area contributed by atoms with Gasteiger partial charge in [-0.05, 0) is 26.2 Å². The second-order valence-corrected chi connectivity index (χ2v) is 6.66. The van der Waals surface area contributed by atoms with Gasteiger partial charge < -0.3 is 0 Å². The van der Waals surface area contributed by atoms with E-state index < -0.39 is 11.1 Å². The number of rotatable bonds is 8. The van der Waals surface area contributed by atoms with Crippen LogP contribution in [0.25, 0.3) is 0 Å². The first kappa shape index (κ1) is 15.2. The molecule has 0 aromatic heterocycles. The van der Waals surface area contributed by atoms with Crippen molar-refractivity contribution in [1.82, 2.24) is 0 Å². The van der Waals surface area contributed by atoms with Crippen molar-refractivity contribution in [3.8, 4) is 0 Å². The van der Waals surface area contributed by atoms with Gasteiger partial charge in [-0.25, -0.2) is 4.21 Å². The molecule has 3 heteroatoms. The Kier molecular flexibility index (Phi) is 8.12. The van der Waals surface area contributed by atoms with Crippen molar-refractivity contribution in [2.45, 2.75) is 89.4 Å². The molecule has 1 unspecified atom stereocenters. The third-order valence-electron chi connectivity index (χ3n) is 3.55. The normalized spacial score (nSPS) is 21.3. The Bertz CT molecular complexity index is 212. The van der Waals surface area contributed by atoms with Crippen LogP contribution in [0.1, 0.15) is 78.1 Å². The van der Waals surface area contributed by atoms with Crippen LogP contribution in [0.15, 0.2) is 0 Å². The van der Waals surface area contributed by atoms with Gasteiger partial charge in [-0.15, -0.1) is 0 Å². The summed E-state index contributed by atoms with van der Waals surface area (Å²) in [6.45, 7) is 4.28. The lowest BCUT2D eigenvalue weighted by Gasteiger charge is -2.22. The molecule has 0 saturated heterocycles. The maximum atomic E-state index is 12.0. The van der Waals surface area contributed by atoms with E-state index in [9.17, 15) is 4.21 Å². The molecule has 0 amide bonds. The zero-order chi connectivity index (χ0) is 12.5. The number of hydrogen-bond acceptors (Lipinski definition) is 2. The molecule has 0 N–H and O–H groups in total. The topological polar surface area (TPSA) is 26.3 Å². The standard InChI is InChI=1S/C14H28O2S/c1-3-4-5-7-10-13(2)16-17(15)14-11-8-6-9-12-14/h13-14H,3-12H2,1-2H3/t13-,17?/m1/s1. The predicted octanol–water partition coefficient (Wildman–Crippen LogP) is 4.36. The summed E-state index contributed by atoms with van der Waals surface area (Å²) in [6, 6.07) is 0. The Morgan fingerprint density at radius 1 is 1.18 bits per heavy atom. The molecule has 0 heterocycles. The van der Waals surface area contributed by atoms with Crippen molar-refractivity contribution in [1.29, 1.82) is 0 Å². The van der Waals surface area contributed by atoms with E-state index in [2.05, 4.69) is 13.8 Å². The van der Waals surface area contributed by atoms with Crippen molar-refractivity contribution in [3.63, 3.8) is 0 Å². The lowest BCUT2D eigenvalue weighted by Crippen LogP contribution is -2.23. The van der Waals surface area contributed by atoms with E-state index in [4.69, 9.17) is 4.18 Å². The first-order chi connectivity index (χ1) is 8.24. The molecule has 0 aromatic rings. The molecule has 102 valence electrons. The first-order valence-corrected chi connectivity index (χ1v) is 8.45. The summed E-state index contributed by atoms with van der Waals surface area (Å²) in [6.07, 6.45) is 12.2. The summed E-state index contributed by atoms with van der Waals surface area (Å²) in [4.78, 5) is 0. The lowest BCUT2D eigenvalue weighted by molar-refractivity contribution is 0.225. The van der Waals surface area contributed by atoms with E-state index in [-0.39, 0.29) is 6.10 Å². The van der Waals surface area contributed by atoms with Crippen LogP contribution < -0.4 is 0 Å². The van der Waals surface area contributed by atoms with Crippen LogP contribution in [0.2, 0.25) is 0 Å². The van der Waals surface area contributed by atoms with Crippen LogP contribution in [0, 0.1) is 0 Å². The van der Waals surface area contributed by atoms with E-state index >= 15 is 0 Å². The van der Waals surface area contributed by atoms with Gasteiger partial charge in [-0.1, -0.05) is 51.9 Å². The quantitative estimate of drug-likeness (QED) is 0.606. The molecule has 1 aliphatic rings. The zero-order valence-electron chi connectivity index (χ0n) is 11.5. The van der Waals surface area contributed by atoms with E-state index in [0.29, 0.717) is 5.25 Å². The molecule has 0 radical (unpaired) electrons. The monoisotopic (exact) mass is 260 g/mol. The summed E-state index contributed by atoms with van der Waals surface area (Å²) in [5.41, 5.74) is 0. The molecule has 0 bridgehead atoms. The maximum absolute atomic E-state index is 12.0. The van der Waals surface area contributed by atoms with E-state index in [1.165, 1.54) is 44.9 Å². The van der Waals surface area contributed by atoms with Crippen LogP contribution >= 0.6 is 0 Å². The molecule has 17 heavy (non-hydrogen) atoms. The van der Waals surface area contributed by atoms with Gasteiger partial charge in [0.25, 0.3) is 0 Å². The van der Waals surface area contributed by atoms with Gasteiger partial charge in [0.15, 0.2) is 11.1 Å². The Morgan fingerprint density at radius 3 is 2.53 bits per heavy atom. The molecular weight excluding hydrogens is 232 g/mol. The molecule has 2 atom stereocenters. The number of hydrogen-bond donors (Lipinski definition) is 0. The van der Waals surface area contributed by atoms with E-state index in [1.807, 2.05) is 0 Å². The van der Waals surface area contributed by atoms with Crippen molar-refractivity contribution in [2.24, 2.45) is 0 Å². The fraction of sp³-hybridized carbons (Fsp3) is 1.00. The summed E-state index contributed by atoms with van der Waals surface area (Å²) in [5, 5.41) is 0.307. The average Bonchev–Trinajstić information content (AvgIpc) is 2.36. The van der Waals surface area contributed by atoms with Crippen molar-refractivity contribution in [2.75, 3.05) is 0 Å². The summed E-state index contributed by atoms with van der Waals surface area (Å²) in [5.74, 6) is 0. The van der Waals surface area contributed by atoms with Gasteiger partial charge in [-0.2, -0.15) is 0 Å². The van der Waals surface area contributed by atoms with Crippen LogP contribution in [0.3, 0.4) is 0 Å². The molecule has 1 aliphatic carbocycles.